The zero-order chi connectivity index (χ0) is 15.4. The minimum Gasteiger partial charge on any atom is -0.367 e. The molecule has 3 N–H and O–H groups in total. The Morgan fingerprint density at radius 2 is 2.05 bits per heavy atom. The predicted octanol–water partition coefficient (Wildman–Crippen LogP) is 3.16. The lowest BCUT2D eigenvalue weighted by Crippen LogP contribution is -2.44. The van der Waals surface area contributed by atoms with Crippen LogP contribution in [0.1, 0.15) is 0 Å². The molecule has 0 saturated carbocycles. The van der Waals surface area contributed by atoms with Crippen LogP contribution in [0.25, 0.3) is 10.8 Å². The molecular formula is C16H16ClN5. The zero-order valence-electron chi connectivity index (χ0n) is 11.9. The second-order valence-electron chi connectivity index (χ2n) is 4.71. The summed E-state index contributed by atoms with van der Waals surface area (Å²) in [4.78, 5) is 0. The quantitative estimate of drug-likeness (QED) is 0.742. The summed E-state index contributed by atoms with van der Waals surface area (Å²) < 4.78 is 0. The molecule has 1 aliphatic rings. The van der Waals surface area contributed by atoms with E-state index in [4.69, 9.17) is 11.6 Å². The number of nitrogens with zero attached hydrogens (tertiary/aromatic N) is 2. The summed E-state index contributed by atoms with van der Waals surface area (Å²) in [6, 6.07) is 14.2. The lowest BCUT2D eigenvalue weighted by molar-refractivity contribution is 0.263. The Kier molecular flexibility index (Phi) is 4.16. The monoisotopic (exact) mass is 313 g/mol. The topological polar surface area (TPSA) is 51.7 Å². The van der Waals surface area contributed by atoms with E-state index in [1.54, 1.807) is 12.2 Å². The molecule has 0 spiro atoms. The molecule has 6 heteroatoms. The lowest BCUT2D eigenvalue weighted by atomic mass is 10.1. The number of anilines is 1. The number of hydrogen-bond acceptors (Lipinski definition) is 5. The molecule has 0 saturated heterocycles. The summed E-state index contributed by atoms with van der Waals surface area (Å²) in [5, 5.41) is 11.4. The Labute approximate surface area is 133 Å². The van der Waals surface area contributed by atoms with E-state index in [0.29, 0.717) is 11.7 Å². The Hall–Kier alpha value is -2.66. The summed E-state index contributed by atoms with van der Waals surface area (Å²) in [6.45, 7) is 4.31. The van der Waals surface area contributed by atoms with E-state index in [0.717, 1.165) is 22.3 Å². The highest BCUT2D eigenvalue weighted by molar-refractivity contribution is 6.68. The second-order valence-corrected chi connectivity index (χ2v) is 5.10. The Balaban J connectivity index is 1.81. The van der Waals surface area contributed by atoms with E-state index in [1.807, 2.05) is 24.3 Å². The van der Waals surface area contributed by atoms with Gasteiger partial charge in [-0.15, -0.1) is 16.9 Å². The first-order chi connectivity index (χ1) is 10.8. The standard InChI is InChI=1S/C16H16ClN5/c1-2-10-18-16-11-15(17)20-22(21-16)19-14-9-5-7-12-6-3-4-8-13(12)14/h2-9,11,18-19,21H,1,10H2. The van der Waals surface area contributed by atoms with Gasteiger partial charge in [-0.2, -0.15) is 0 Å². The molecule has 0 amide bonds. The molecule has 0 unspecified atom stereocenters. The van der Waals surface area contributed by atoms with Crippen LogP contribution < -0.4 is 16.2 Å². The number of hydrogen-bond donors (Lipinski definition) is 3. The highest BCUT2D eigenvalue weighted by Gasteiger charge is 2.12. The van der Waals surface area contributed by atoms with Crippen LogP contribution in [0, 0.1) is 0 Å². The van der Waals surface area contributed by atoms with Gasteiger partial charge in [0.25, 0.3) is 0 Å². The fourth-order valence-electron chi connectivity index (χ4n) is 2.18. The van der Waals surface area contributed by atoms with Crippen molar-refractivity contribution >= 4 is 33.2 Å². The van der Waals surface area contributed by atoms with Gasteiger partial charge in [-0.3, -0.25) is 5.43 Å². The van der Waals surface area contributed by atoms with Crippen molar-refractivity contribution < 1.29 is 0 Å². The van der Waals surface area contributed by atoms with Crippen LogP contribution in [0.5, 0.6) is 0 Å². The van der Waals surface area contributed by atoms with E-state index in [9.17, 15) is 0 Å². The molecule has 0 atom stereocenters. The van der Waals surface area contributed by atoms with Gasteiger partial charge in [-0.1, -0.05) is 54.1 Å². The largest absolute Gasteiger partial charge is 0.367 e. The van der Waals surface area contributed by atoms with Gasteiger partial charge in [0.1, 0.15) is 5.82 Å². The number of hydrazine groups is 2. The van der Waals surface area contributed by atoms with Crippen molar-refractivity contribution in [1.29, 1.82) is 0 Å². The van der Waals surface area contributed by atoms with Crippen molar-refractivity contribution in [3.8, 4) is 0 Å². The summed E-state index contributed by atoms with van der Waals surface area (Å²) in [5.41, 5.74) is 7.22. The molecule has 3 rings (SSSR count). The highest BCUT2D eigenvalue weighted by Crippen LogP contribution is 2.23. The normalized spacial score (nSPS) is 14.0. The van der Waals surface area contributed by atoms with Gasteiger partial charge in [-0.05, 0) is 11.5 Å². The van der Waals surface area contributed by atoms with Crippen molar-refractivity contribution in [2.45, 2.75) is 0 Å². The molecular weight excluding hydrogens is 298 g/mol. The third kappa shape index (κ3) is 3.15. The molecule has 0 aromatic heterocycles. The van der Waals surface area contributed by atoms with Crippen LogP contribution in [0.3, 0.4) is 0 Å². The van der Waals surface area contributed by atoms with Crippen molar-refractivity contribution in [2.24, 2.45) is 5.10 Å². The third-order valence-corrected chi connectivity index (χ3v) is 3.32. The zero-order valence-corrected chi connectivity index (χ0v) is 12.6. The molecule has 0 bridgehead atoms. The smallest absolute Gasteiger partial charge is 0.156 e. The van der Waals surface area contributed by atoms with Gasteiger partial charge in [0.05, 0.1) is 5.69 Å². The molecule has 1 heterocycles. The van der Waals surface area contributed by atoms with Crippen LogP contribution in [-0.2, 0) is 0 Å². The second kappa shape index (κ2) is 6.41. The average Bonchev–Trinajstić information content (AvgIpc) is 2.53. The molecule has 112 valence electrons. The molecule has 0 aliphatic carbocycles. The Bertz CT molecular complexity index is 748. The Morgan fingerprint density at radius 3 is 2.91 bits per heavy atom. The van der Waals surface area contributed by atoms with Crippen LogP contribution >= 0.6 is 11.6 Å². The lowest BCUT2D eigenvalue weighted by Gasteiger charge is -2.27. The van der Waals surface area contributed by atoms with Crippen LogP contribution in [0.15, 0.2) is 72.1 Å². The summed E-state index contributed by atoms with van der Waals surface area (Å²) >= 11 is 6.06. The fourth-order valence-corrected chi connectivity index (χ4v) is 2.36. The summed E-state index contributed by atoms with van der Waals surface area (Å²) in [7, 11) is 0. The number of allylic oxidation sites excluding steroid dienone is 1. The van der Waals surface area contributed by atoms with Gasteiger partial charge in [0.15, 0.2) is 5.17 Å². The van der Waals surface area contributed by atoms with E-state index in [2.05, 4.69) is 46.0 Å². The molecule has 1 aliphatic heterocycles. The first-order valence-electron chi connectivity index (χ1n) is 6.88. The Morgan fingerprint density at radius 1 is 1.23 bits per heavy atom. The average molecular weight is 314 g/mol. The first kappa shape index (κ1) is 14.3. The van der Waals surface area contributed by atoms with E-state index in [1.165, 1.54) is 5.23 Å². The van der Waals surface area contributed by atoms with Gasteiger partial charge in [0, 0.05) is 18.0 Å². The van der Waals surface area contributed by atoms with E-state index >= 15 is 0 Å². The van der Waals surface area contributed by atoms with Gasteiger partial charge >= 0.3 is 0 Å². The number of hydrazone groups is 1. The number of rotatable bonds is 5. The van der Waals surface area contributed by atoms with Crippen molar-refractivity contribution in [3.63, 3.8) is 0 Å². The number of nitrogens with one attached hydrogen (secondary N) is 3. The van der Waals surface area contributed by atoms with Crippen molar-refractivity contribution in [1.82, 2.24) is 16.0 Å². The van der Waals surface area contributed by atoms with Crippen LogP contribution in [0.4, 0.5) is 5.69 Å². The van der Waals surface area contributed by atoms with Crippen LogP contribution in [-0.4, -0.2) is 16.9 Å². The van der Waals surface area contributed by atoms with Crippen molar-refractivity contribution in [3.05, 3.63) is 67.0 Å². The number of fused-ring (bicyclic) bond motifs is 1. The molecule has 2 aromatic carbocycles. The maximum atomic E-state index is 6.06. The maximum absolute atomic E-state index is 6.06. The highest BCUT2D eigenvalue weighted by atomic mass is 35.5. The first-order valence-corrected chi connectivity index (χ1v) is 7.26. The van der Waals surface area contributed by atoms with Gasteiger partial charge in [0.2, 0.25) is 0 Å². The van der Waals surface area contributed by atoms with E-state index in [-0.39, 0.29) is 0 Å². The van der Waals surface area contributed by atoms with Gasteiger partial charge in [-0.25, -0.2) is 5.43 Å². The van der Waals surface area contributed by atoms with E-state index < -0.39 is 0 Å². The van der Waals surface area contributed by atoms with Crippen LogP contribution in [0.2, 0.25) is 0 Å². The minimum absolute atomic E-state index is 0.373. The number of halogens is 1. The maximum Gasteiger partial charge on any atom is 0.156 e. The molecule has 0 fully saturated rings. The fraction of sp³-hybridized carbons (Fsp3) is 0.0625. The van der Waals surface area contributed by atoms with Gasteiger partial charge < -0.3 is 5.32 Å². The molecule has 22 heavy (non-hydrogen) atoms. The van der Waals surface area contributed by atoms with Crippen molar-refractivity contribution in [2.75, 3.05) is 12.0 Å². The minimum atomic E-state index is 0.373. The third-order valence-electron chi connectivity index (χ3n) is 3.14. The molecule has 5 nitrogen and oxygen atoms in total. The molecule has 0 radical (unpaired) electrons. The molecule has 2 aromatic rings. The summed E-state index contributed by atoms with van der Waals surface area (Å²) in [5.74, 6) is 0.743. The number of benzene rings is 2. The summed E-state index contributed by atoms with van der Waals surface area (Å²) in [6.07, 6.45) is 3.48. The SMILES string of the molecule is C=CCNC1=CC(Cl)=NN(Nc2cccc3ccccc23)N1. The predicted molar refractivity (Wildman–Crippen MR) is 92.1 cm³/mol.